The smallest absolute Gasteiger partial charge is 0.250 e. The highest BCUT2D eigenvalue weighted by molar-refractivity contribution is 8.17. The molecule has 2 rings (SSSR count). The van der Waals surface area contributed by atoms with Gasteiger partial charge in [-0.15, -0.1) is 23.5 Å². The van der Waals surface area contributed by atoms with Crippen LogP contribution < -0.4 is 0 Å². The summed E-state index contributed by atoms with van der Waals surface area (Å²) in [5.74, 6) is -0.431. The molecular weight excluding hydrogens is 569 g/mol. The van der Waals surface area contributed by atoms with Crippen molar-refractivity contribution >= 4 is 53.0 Å². The van der Waals surface area contributed by atoms with Crippen molar-refractivity contribution in [1.29, 1.82) is 0 Å². The van der Waals surface area contributed by atoms with Crippen molar-refractivity contribution in [1.82, 2.24) is 9.80 Å². The highest BCUT2D eigenvalue weighted by atomic mass is 32.2. The third kappa shape index (κ3) is 7.47. The number of hydrogen-bond acceptors (Lipinski definition) is 9. The molecular formula is C29H42N2O6S3. The molecule has 0 saturated carbocycles. The lowest BCUT2D eigenvalue weighted by Gasteiger charge is -2.48. The number of allylic oxidation sites excluding steroid dienone is 4. The monoisotopic (exact) mass is 610 g/mol. The average Bonchev–Trinajstić information content (AvgIpc) is 3.23. The van der Waals surface area contributed by atoms with Gasteiger partial charge in [0.1, 0.15) is 11.8 Å². The SMILES string of the molecule is C=CC1=C(/C(O)=C\CC)N(C(=O)C(C)N2C(=O)CCC2=O)C(C)(C)C(SC=C(C)C)=C1C(SCOC)SCOC. The van der Waals surface area contributed by atoms with Crippen LogP contribution in [0.25, 0.3) is 0 Å². The van der Waals surface area contributed by atoms with Gasteiger partial charge in [0, 0.05) is 37.5 Å². The Bertz CT molecular complexity index is 1100. The average molecular weight is 611 g/mol. The van der Waals surface area contributed by atoms with Gasteiger partial charge in [-0.05, 0) is 58.1 Å². The number of aliphatic hydroxyl groups excluding tert-OH is 1. The molecule has 0 radical (unpaired) electrons. The number of likely N-dealkylation sites (tertiary alicyclic amines) is 1. The van der Waals surface area contributed by atoms with E-state index in [-0.39, 0.29) is 35.0 Å². The van der Waals surface area contributed by atoms with Gasteiger partial charge in [-0.3, -0.25) is 24.2 Å². The van der Waals surface area contributed by atoms with Gasteiger partial charge in [-0.25, -0.2) is 0 Å². The molecule has 0 aromatic rings. The number of aliphatic hydroxyl groups is 1. The van der Waals surface area contributed by atoms with E-state index in [0.717, 1.165) is 21.0 Å². The van der Waals surface area contributed by atoms with Crippen LogP contribution in [0.3, 0.4) is 0 Å². The normalized spacial score (nSPS) is 18.7. The van der Waals surface area contributed by atoms with E-state index in [1.165, 1.54) is 11.8 Å². The zero-order valence-electron chi connectivity index (χ0n) is 24.7. The van der Waals surface area contributed by atoms with Gasteiger partial charge in [0.25, 0.3) is 5.91 Å². The second-order valence-electron chi connectivity index (χ2n) is 10.1. The first-order valence-corrected chi connectivity index (χ1v) is 16.1. The molecule has 0 aromatic heterocycles. The van der Waals surface area contributed by atoms with Crippen molar-refractivity contribution < 1.29 is 29.0 Å². The molecule has 1 saturated heterocycles. The standard InChI is InChI=1S/C29H42N2O6S3/c1-10-12-21(32)25-20(11-2)24(28(39-16-36-8)40-17-37-9)26(38-15-18(3)4)29(6,7)31(25)27(35)19(5)30-22(33)13-14-23(30)34/h11-12,15,19,28,32H,2,10,13-14,16-17H2,1,3-9H3/b21-12+. The number of rotatable bonds is 14. The Morgan fingerprint density at radius 1 is 1.12 bits per heavy atom. The van der Waals surface area contributed by atoms with E-state index in [2.05, 4.69) is 6.58 Å². The number of hydrogen-bond donors (Lipinski definition) is 1. The Kier molecular flexibility index (Phi) is 13.2. The summed E-state index contributed by atoms with van der Waals surface area (Å²) in [5.41, 5.74) is 1.92. The molecule has 0 aliphatic carbocycles. The highest BCUT2D eigenvalue weighted by Gasteiger charge is 2.49. The Balaban J connectivity index is 2.94. The Morgan fingerprint density at radius 3 is 2.12 bits per heavy atom. The Morgan fingerprint density at radius 2 is 1.68 bits per heavy atom. The number of ether oxygens (including phenoxy) is 2. The number of carbonyl (C=O) groups is 3. The van der Waals surface area contributed by atoms with Crippen LogP contribution in [0.5, 0.6) is 0 Å². The summed E-state index contributed by atoms with van der Waals surface area (Å²) < 4.78 is 10.6. The summed E-state index contributed by atoms with van der Waals surface area (Å²) in [7, 11) is 3.27. The van der Waals surface area contributed by atoms with Crippen molar-refractivity contribution in [2.75, 3.05) is 26.1 Å². The van der Waals surface area contributed by atoms with Crippen LogP contribution in [0.4, 0.5) is 0 Å². The molecule has 1 atom stereocenters. The third-order valence-electron chi connectivity index (χ3n) is 6.35. The number of carbonyl (C=O) groups excluding carboxylic acids is 3. The third-order valence-corrected chi connectivity index (χ3v) is 10.5. The molecule has 1 N–H and O–H groups in total. The Hall–Kier alpha value is -1.92. The summed E-state index contributed by atoms with van der Waals surface area (Å²) >= 11 is 4.66. The topological polar surface area (TPSA) is 96.4 Å². The maximum absolute atomic E-state index is 14.4. The van der Waals surface area contributed by atoms with Crippen molar-refractivity contribution in [2.24, 2.45) is 0 Å². The maximum atomic E-state index is 14.4. The summed E-state index contributed by atoms with van der Waals surface area (Å²) in [5, 5.41) is 13.5. The van der Waals surface area contributed by atoms with Gasteiger partial charge >= 0.3 is 0 Å². The first-order chi connectivity index (χ1) is 18.9. The minimum absolute atomic E-state index is 0.0684. The van der Waals surface area contributed by atoms with Gasteiger partial charge < -0.3 is 14.6 Å². The maximum Gasteiger partial charge on any atom is 0.250 e. The molecule has 3 amide bonds. The van der Waals surface area contributed by atoms with E-state index < -0.39 is 17.5 Å². The van der Waals surface area contributed by atoms with E-state index in [1.807, 2.05) is 40.0 Å². The summed E-state index contributed by atoms with van der Waals surface area (Å²) in [4.78, 5) is 43.0. The van der Waals surface area contributed by atoms with Crippen molar-refractivity contribution in [2.45, 2.75) is 77.0 Å². The predicted molar refractivity (Wildman–Crippen MR) is 166 cm³/mol. The molecule has 0 aromatic carbocycles. The fourth-order valence-electron chi connectivity index (χ4n) is 4.63. The van der Waals surface area contributed by atoms with Gasteiger partial charge in [0.05, 0.1) is 27.7 Å². The molecule has 1 unspecified atom stereocenters. The second kappa shape index (κ2) is 15.3. The van der Waals surface area contributed by atoms with Crippen LogP contribution in [-0.4, -0.2) is 74.9 Å². The zero-order valence-corrected chi connectivity index (χ0v) is 27.2. The molecule has 0 spiro atoms. The molecule has 2 heterocycles. The van der Waals surface area contributed by atoms with E-state index in [1.54, 1.807) is 61.7 Å². The van der Waals surface area contributed by atoms with Gasteiger partial charge in [0.15, 0.2) is 0 Å². The van der Waals surface area contributed by atoms with Crippen LogP contribution >= 0.6 is 35.3 Å². The minimum atomic E-state index is -1.05. The zero-order chi connectivity index (χ0) is 30.2. The molecule has 0 bridgehead atoms. The second-order valence-corrected chi connectivity index (χ2v) is 13.3. The lowest BCUT2D eigenvalue weighted by atomic mass is 9.86. The molecule has 11 heteroatoms. The number of methoxy groups -OCH3 is 2. The number of imide groups is 1. The molecule has 8 nitrogen and oxygen atoms in total. The van der Waals surface area contributed by atoms with E-state index in [9.17, 15) is 19.5 Å². The fourth-order valence-corrected chi connectivity index (χ4v) is 7.93. The van der Waals surface area contributed by atoms with Crippen molar-refractivity contribution in [3.05, 3.63) is 57.2 Å². The minimum Gasteiger partial charge on any atom is -0.506 e. The lowest BCUT2D eigenvalue weighted by Crippen LogP contribution is -2.57. The molecule has 2 aliphatic heterocycles. The van der Waals surface area contributed by atoms with Gasteiger partial charge in [-0.2, -0.15) is 0 Å². The largest absolute Gasteiger partial charge is 0.506 e. The first-order valence-electron chi connectivity index (χ1n) is 13.1. The molecule has 2 aliphatic rings. The highest BCUT2D eigenvalue weighted by Crippen LogP contribution is 2.51. The van der Waals surface area contributed by atoms with E-state index >= 15 is 0 Å². The van der Waals surface area contributed by atoms with Gasteiger partial charge in [-0.1, -0.05) is 36.9 Å². The number of amides is 3. The number of nitrogens with zero attached hydrogens (tertiary/aromatic N) is 2. The molecule has 222 valence electrons. The van der Waals surface area contributed by atoms with E-state index in [0.29, 0.717) is 29.6 Å². The van der Waals surface area contributed by atoms with Crippen LogP contribution in [-0.2, 0) is 23.9 Å². The first kappa shape index (κ1) is 34.3. The number of thioether (sulfide) groups is 3. The Labute approximate surface area is 251 Å². The van der Waals surface area contributed by atoms with Crippen LogP contribution in [0, 0.1) is 0 Å². The predicted octanol–water partition coefficient (Wildman–Crippen LogP) is 6.35. The van der Waals surface area contributed by atoms with Crippen LogP contribution in [0.1, 0.15) is 60.8 Å². The molecule has 1 fully saturated rings. The summed E-state index contributed by atoms with van der Waals surface area (Å²) in [6.07, 6.45) is 4.01. The quantitative estimate of drug-likeness (QED) is 0.137. The van der Waals surface area contributed by atoms with Crippen molar-refractivity contribution in [3.8, 4) is 0 Å². The van der Waals surface area contributed by atoms with E-state index in [4.69, 9.17) is 9.47 Å². The molecule has 40 heavy (non-hydrogen) atoms. The summed E-state index contributed by atoms with van der Waals surface area (Å²) in [6.45, 7) is 15.4. The fraction of sp³-hybridized carbons (Fsp3) is 0.552. The van der Waals surface area contributed by atoms with Crippen LogP contribution in [0.15, 0.2) is 57.2 Å². The van der Waals surface area contributed by atoms with Crippen molar-refractivity contribution in [3.63, 3.8) is 0 Å². The summed E-state index contributed by atoms with van der Waals surface area (Å²) in [6, 6.07) is -1.05. The lowest BCUT2D eigenvalue weighted by molar-refractivity contribution is -0.150. The van der Waals surface area contributed by atoms with Gasteiger partial charge in [0.2, 0.25) is 11.8 Å². The van der Waals surface area contributed by atoms with Crippen LogP contribution in [0.2, 0.25) is 0 Å².